The smallest absolute Gasteiger partial charge is 0.167 e. The molecule has 2 atom stereocenters. The molecule has 0 spiro atoms. The molecule has 3 aromatic carbocycles. The first-order chi connectivity index (χ1) is 17.3. The van der Waals surface area contributed by atoms with E-state index in [9.17, 15) is 17.6 Å². The topological polar surface area (TPSA) is 18.5 Å². The van der Waals surface area contributed by atoms with Crippen LogP contribution in [-0.2, 0) is 22.3 Å². The van der Waals surface area contributed by atoms with Crippen molar-refractivity contribution in [2.75, 3.05) is 13.2 Å². The molecule has 0 radical (unpaired) electrons. The maximum Gasteiger partial charge on any atom is 0.167 e. The van der Waals surface area contributed by atoms with Crippen molar-refractivity contribution in [3.63, 3.8) is 0 Å². The molecule has 1 heterocycles. The van der Waals surface area contributed by atoms with Crippen LogP contribution in [0, 0.1) is 29.1 Å². The van der Waals surface area contributed by atoms with E-state index in [1.54, 1.807) is 12.1 Å². The van der Waals surface area contributed by atoms with Gasteiger partial charge in [0, 0.05) is 23.7 Å². The third-order valence-corrected chi connectivity index (χ3v) is 6.57. The summed E-state index contributed by atoms with van der Waals surface area (Å²) in [6.07, 6.45) is 2.42. The molecule has 190 valence electrons. The summed E-state index contributed by atoms with van der Waals surface area (Å²) in [5.74, 6) is -5.61. The Labute approximate surface area is 207 Å². The van der Waals surface area contributed by atoms with Crippen molar-refractivity contribution in [2.45, 2.75) is 44.8 Å². The molecule has 0 aromatic heterocycles. The number of benzene rings is 3. The molecule has 0 amide bonds. The lowest BCUT2D eigenvalue weighted by Crippen LogP contribution is -2.27. The second kappa shape index (κ2) is 11.4. The van der Waals surface area contributed by atoms with Crippen molar-refractivity contribution in [2.24, 2.45) is 0 Å². The number of ether oxygens (including phenoxy) is 2. The van der Waals surface area contributed by atoms with Crippen molar-refractivity contribution in [1.82, 2.24) is 0 Å². The number of halogens is 5. The Hall–Kier alpha value is -3.03. The molecule has 0 saturated carbocycles. The summed E-state index contributed by atoms with van der Waals surface area (Å²) < 4.78 is 84.9. The summed E-state index contributed by atoms with van der Waals surface area (Å²) in [6, 6.07) is 9.77. The Bertz CT molecular complexity index is 1250. The molecular weight excluding hydrogens is 475 g/mol. The van der Waals surface area contributed by atoms with E-state index in [1.165, 1.54) is 36.4 Å². The highest BCUT2D eigenvalue weighted by Crippen LogP contribution is 2.36. The summed E-state index contributed by atoms with van der Waals surface area (Å²) in [5.41, 5.74) is 0.375. The lowest BCUT2D eigenvalue weighted by Gasteiger charge is -2.29. The first kappa shape index (κ1) is 26.0. The molecule has 0 N–H and O–H groups in total. The van der Waals surface area contributed by atoms with Gasteiger partial charge in [-0.05, 0) is 60.9 Å². The maximum absolute atomic E-state index is 15.0. The molecule has 0 bridgehead atoms. The molecule has 2 unspecified atom stereocenters. The van der Waals surface area contributed by atoms with E-state index in [1.807, 2.05) is 6.92 Å². The SMILES string of the molecule is C=Cc1ccc(CCc2ccc(-c3ccc(C4CCC(OCC)OC4)c(F)c3F)c(F)c2F)c(F)c1. The molecule has 2 nitrogen and oxygen atoms in total. The van der Waals surface area contributed by atoms with Gasteiger partial charge in [0.1, 0.15) is 5.82 Å². The number of hydrogen-bond donors (Lipinski definition) is 0. The average Bonchev–Trinajstić information content (AvgIpc) is 2.88. The lowest BCUT2D eigenvalue weighted by molar-refractivity contribution is -0.164. The fourth-order valence-electron chi connectivity index (χ4n) is 4.53. The molecular formula is C29H27F5O2. The van der Waals surface area contributed by atoms with Crippen LogP contribution in [-0.4, -0.2) is 19.5 Å². The Balaban J connectivity index is 1.53. The van der Waals surface area contributed by atoms with E-state index in [0.29, 0.717) is 30.6 Å². The Morgan fingerprint density at radius 3 is 2.17 bits per heavy atom. The Morgan fingerprint density at radius 1 is 0.861 bits per heavy atom. The van der Waals surface area contributed by atoms with Crippen molar-refractivity contribution < 1.29 is 31.4 Å². The van der Waals surface area contributed by atoms with Crippen LogP contribution in [0.5, 0.6) is 0 Å². The van der Waals surface area contributed by atoms with Gasteiger partial charge in [-0.2, -0.15) is 0 Å². The minimum atomic E-state index is -1.28. The summed E-state index contributed by atoms with van der Waals surface area (Å²) in [5, 5.41) is 0. The summed E-state index contributed by atoms with van der Waals surface area (Å²) in [4.78, 5) is 0. The highest BCUT2D eigenvalue weighted by Gasteiger charge is 2.28. The van der Waals surface area contributed by atoms with Crippen LogP contribution in [0.1, 0.15) is 47.9 Å². The highest BCUT2D eigenvalue weighted by atomic mass is 19.2. The zero-order valence-electron chi connectivity index (χ0n) is 19.9. The van der Waals surface area contributed by atoms with Gasteiger partial charge >= 0.3 is 0 Å². The van der Waals surface area contributed by atoms with Gasteiger partial charge in [0.15, 0.2) is 29.6 Å². The second-order valence-corrected chi connectivity index (χ2v) is 8.78. The number of aryl methyl sites for hydroxylation is 2. The van der Waals surface area contributed by atoms with E-state index in [-0.39, 0.29) is 53.9 Å². The van der Waals surface area contributed by atoms with Gasteiger partial charge in [-0.3, -0.25) is 0 Å². The highest BCUT2D eigenvalue weighted by molar-refractivity contribution is 5.66. The van der Waals surface area contributed by atoms with Gasteiger partial charge in [0.05, 0.1) is 6.61 Å². The first-order valence-electron chi connectivity index (χ1n) is 11.9. The Morgan fingerprint density at radius 2 is 1.53 bits per heavy atom. The predicted octanol–water partition coefficient (Wildman–Crippen LogP) is 7.73. The fraction of sp³-hybridized carbons (Fsp3) is 0.310. The molecule has 7 heteroatoms. The van der Waals surface area contributed by atoms with Crippen LogP contribution in [0.25, 0.3) is 17.2 Å². The molecule has 36 heavy (non-hydrogen) atoms. The van der Waals surface area contributed by atoms with Crippen molar-refractivity contribution >= 4 is 6.08 Å². The monoisotopic (exact) mass is 502 g/mol. The summed E-state index contributed by atoms with van der Waals surface area (Å²) >= 11 is 0. The first-order valence-corrected chi connectivity index (χ1v) is 11.9. The van der Waals surface area contributed by atoms with E-state index in [0.717, 1.165) is 0 Å². The molecule has 1 saturated heterocycles. The average molecular weight is 503 g/mol. The van der Waals surface area contributed by atoms with Gasteiger partial charge in [-0.15, -0.1) is 0 Å². The second-order valence-electron chi connectivity index (χ2n) is 8.78. The van der Waals surface area contributed by atoms with Crippen molar-refractivity contribution in [3.8, 4) is 11.1 Å². The van der Waals surface area contributed by atoms with Crippen molar-refractivity contribution in [1.29, 1.82) is 0 Å². The molecule has 1 aliphatic rings. The van der Waals surface area contributed by atoms with Crippen LogP contribution in [0.4, 0.5) is 22.0 Å². The molecule has 1 aliphatic heterocycles. The minimum absolute atomic E-state index is 0.0177. The third-order valence-electron chi connectivity index (χ3n) is 6.57. The van der Waals surface area contributed by atoms with Crippen LogP contribution in [0.2, 0.25) is 0 Å². The van der Waals surface area contributed by atoms with E-state index in [4.69, 9.17) is 9.47 Å². The fourth-order valence-corrected chi connectivity index (χ4v) is 4.53. The van der Waals surface area contributed by atoms with Gasteiger partial charge in [-0.25, -0.2) is 22.0 Å². The summed E-state index contributed by atoms with van der Waals surface area (Å²) in [7, 11) is 0. The molecule has 1 fully saturated rings. The van der Waals surface area contributed by atoms with Gasteiger partial charge in [-0.1, -0.05) is 49.1 Å². The van der Waals surface area contributed by atoms with E-state index in [2.05, 4.69) is 6.58 Å². The van der Waals surface area contributed by atoms with Gasteiger partial charge in [0.25, 0.3) is 0 Å². The maximum atomic E-state index is 15.0. The van der Waals surface area contributed by atoms with E-state index < -0.39 is 29.1 Å². The van der Waals surface area contributed by atoms with Gasteiger partial charge in [0.2, 0.25) is 0 Å². The molecule has 4 rings (SSSR count). The van der Waals surface area contributed by atoms with Crippen LogP contribution in [0.3, 0.4) is 0 Å². The molecule has 0 aliphatic carbocycles. The largest absolute Gasteiger partial charge is 0.353 e. The summed E-state index contributed by atoms with van der Waals surface area (Å²) in [6.45, 7) is 6.10. The van der Waals surface area contributed by atoms with Crippen LogP contribution in [0.15, 0.2) is 49.0 Å². The van der Waals surface area contributed by atoms with Crippen LogP contribution >= 0.6 is 0 Å². The van der Waals surface area contributed by atoms with Crippen LogP contribution < -0.4 is 0 Å². The quantitative estimate of drug-likeness (QED) is 0.294. The lowest BCUT2D eigenvalue weighted by atomic mass is 9.90. The van der Waals surface area contributed by atoms with E-state index >= 15 is 4.39 Å². The predicted molar refractivity (Wildman–Crippen MR) is 129 cm³/mol. The Kier molecular flexibility index (Phi) is 8.21. The normalized spacial score (nSPS) is 17.8. The van der Waals surface area contributed by atoms with Crippen molar-refractivity contribution in [3.05, 3.63) is 100 Å². The third kappa shape index (κ3) is 5.37. The molecule has 3 aromatic rings. The number of hydrogen-bond acceptors (Lipinski definition) is 2. The minimum Gasteiger partial charge on any atom is -0.353 e. The number of rotatable bonds is 8. The van der Waals surface area contributed by atoms with Gasteiger partial charge < -0.3 is 9.47 Å². The zero-order valence-corrected chi connectivity index (χ0v) is 19.9. The standard InChI is InChI=1S/C29H27F5O2/c1-3-17-5-6-18(24(30)15-17)7-8-19-9-11-22(28(33)26(19)31)23-13-12-21(27(32)29(23)34)20-10-14-25(35-4-2)36-16-20/h3,5-6,9,11-13,15,20,25H,1,4,7-8,10,14,16H2,2H3. The zero-order chi connectivity index (χ0) is 25.8.